The highest BCUT2D eigenvalue weighted by Crippen LogP contribution is 2.28. The van der Waals surface area contributed by atoms with E-state index in [0.717, 1.165) is 11.1 Å². The van der Waals surface area contributed by atoms with Crippen LogP contribution in [0.25, 0.3) is 11.4 Å². The third kappa shape index (κ3) is 6.92. The van der Waals surface area contributed by atoms with Crippen LogP contribution in [0.4, 0.5) is 11.4 Å². The second-order valence-corrected chi connectivity index (χ2v) is 13.4. The minimum absolute atomic E-state index is 0.0340. The maximum atomic E-state index is 13.5. The number of carbonyl (C=O) groups excluding carboxylic acids is 2. The Labute approximate surface area is 283 Å². The number of amides is 2. The van der Waals surface area contributed by atoms with Crippen LogP contribution in [0.15, 0.2) is 140 Å². The van der Waals surface area contributed by atoms with Crippen molar-refractivity contribution >= 4 is 56.3 Å². The third-order valence-electron chi connectivity index (χ3n) is 8.00. The van der Waals surface area contributed by atoms with Gasteiger partial charge in [0.2, 0.25) is 9.84 Å². The van der Waals surface area contributed by atoms with Crippen molar-refractivity contribution in [3.8, 4) is 0 Å². The molecule has 0 radical (unpaired) electrons. The van der Waals surface area contributed by atoms with Crippen molar-refractivity contribution in [2.45, 2.75) is 35.7 Å². The number of anilines is 2. The predicted molar refractivity (Wildman–Crippen MR) is 191 cm³/mol. The van der Waals surface area contributed by atoms with Crippen molar-refractivity contribution in [3.63, 3.8) is 0 Å². The Bertz CT molecular complexity index is 2000. The van der Waals surface area contributed by atoms with Crippen molar-refractivity contribution in [1.82, 2.24) is 10.6 Å². The number of hydrogen-bond acceptors (Lipinski definition) is 10. The lowest BCUT2D eigenvalue weighted by atomic mass is 9.99. The normalized spacial score (nSPS) is 17.7. The van der Waals surface area contributed by atoms with E-state index in [0.29, 0.717) is 33.9 Å². The molecule has 8 N–H and O–H groups in total. The second kappa shape index (κ2) is 13.5. The number of nitrogens with zero attached hydrogens (tertiary/aromatic N) is 2. The molecule has 13 heteroatoms. The second-order valence-electron chi connectivity index (χ2n) is 11.4. The number of carbonyl (C=O) groups is 2. The molecule has 2 atom stereocenters. The molecular weight excluding hydrogens is 641 g/mol. The summed E-state index contributed by atoms with van der Waals surface area (Å²) >= 11 is 0. The molecule has 4 aromatic carbocycles. The van der Waals surface area contributed by atoms with E-state index in [1.54, 1.807) is 13.8 Å². The highest BCUT2D eigenvalue weighted by Gasteiger charge is 2.29. The van der Waals surface area contributed by atoms with E-state index in [9.17, 15) is 18.0 Å². The van der Waals surface area contributed by atoms with Crippen molar-refractivity contribution in [1.29, 1.82) is 0 Å². The summed E-state index contributed by atoms with van der Waals surface area (Å²) in [5.41, 5.74) is 16.1. The quantitative estimate of drug-likeness (QED) is 0.162. The van der Waals surface area contributed by atoms with Crippen LogP contribution < -0.4 is 32.7 Å². The standard InChI is InChI=1S/C36H34N8O4S/c1-21-29(31(43-35(37)39-21)23-9-5-3-6-10-23)33(45)41-25-13-17-27(18-14-25)49(47,48)28-19-15-26(16-20-28)42-34(46)30-22(2)40-36(38)44-32(30)24-11-7-4-8-12-24/h3-22H,1-2H3,(H,41,45)(H,42,46)(H3,37,39,43)(H3,38,40,44). The minimum atomic E-state index is -3.92. The molecule has 0 saturated carbocycles. The Balaban J connectivity index is 1.17. The number of guanidine groups is 2. The molecule has 49 heavy (non-hydrogen) atoms. The van der Waals surface area contributed by atoms with Gasteiger partial charge in [-0.15, -0.1) is 0 Å². The van der Waals surface area contributed by atoms with Crippen LogP contribution in [0.3, 0.4) is 0 Å². The van der Waals surface area contributed by atoms with Crippen LogP contribution in [-0.4, -0.2) is 44.2 Å². The van der Waals surface area contributed by atoms with Gasteiger partial charge in [-0.05, 0) is 73.5 Å². The van der Waals surface area contributed by atoms with Crippen LogP contribution >= 0.6 is 0 Å². The Kier molecular flexibility index (Phi) is 9.01. The lowest BCUT2D eigenvalue weighted by Crippen LogP contribution is -2.39. The third-order valence-corrected chi connectivity index (χ3v) is 9.79. The minimum Gasteiger partial charge on any atom is -0.370 e. The maximum absolute atomic E-state index is 13.5. The van der Waals surface area contributed by atoms with Crippen molar-refractivity contribution in [3.05, 3.63) is 131 Å². The van der Waals surface area contributed by atoms with Gasteiger partial charge in [0.15, 0.2) is 11.9 Å². The van der Waals surface area contributed by atoms with Gasteiger partial charge in [-0.2, -0.15) is 0 Å². The molecule has 2 amide bonds. The number of nitrogens with one attached hydrogen (secondary N) is 4. The molecule has 0 spiro atoms. The van der Waals surface area contributed by atoms with E-state index in [-0.39, 0.29) is 21.7 Å². The lowest BCUT2D eigenvalue weighted by Gasteiger charge is -2.24. The van der Waals surface area contributed by atoms with Gasteiger partial charge in [-0.3, -0.25) is 9.59 Å². The average molecular weight is 675 g/mol. The van der Waals surface area contributed by atoms with E-state index in [2.05, 4.69) is 31.3 Å². The first-order valence-corrected chi connectivity index (χ1v) is 16.9. The molecule has 4 aromatic rings. The van der Waals surface area contributed by atoms with E-state index in [1.807, 2.05) is 60.7 Å². The molecule has 248 valence electrons. The van der Waals surface area contributed by atoms with Crippen LogP contribution in [0.5, 0.6) is 0 Å². The van der Waals surface area contributed by atoms with Gasteiger partial charge in [-0.25, -0.2) is 18.4 Å². The first-order chi connectivity index (χ1) is 23.5. The zero-order chi connectivity index (χ0) is 34.7. The molecule has 0 bridgehead atoms. The highest BCUT2D eigenvalue weighted by atomic mass is 32.2. The van der Waals surface area contributed by atoms with Crippen LogP contribution in [-0.2, 0) is 19.4 Å². The molecule has 2 heterocycles. The summed E-state index contributed by atoms with van der Waals surface area (Å²) in [7, 11) is -3.92. The van der Waals surface area contributed by atoms with Gasteiger partial charge >= 0.3 is 0 Å². The summed E-state index contributed by atoms with van der Waals surface area (Å²) in [4.78, 5) is 35.5. The molecule has 2 aliphatic heterocycles. The first-order valence-electron chi connectivity index (χ1n) is 15.4. The summed E-state index contributed by atoms with van der Waals surface area (Å²) in [6, 6.07) is 29.4. The smallest absolute Gasteiger partial charge is 0.255 e. The Morgan fingerprint density at radius 2 is 0.939 bits per heavy atom. The molecule has 0 aliphatic carbocycles. The summed E-state index contributed by atoms with van der Waals surface area (Å²) in [5, 5.41) is 11.7. The fraction of sp³-hybridized carbons (Fsp3) is 0.111. The topological polar surface area (TPSA) is 193 Å². The molecule has 2 unspecified atom stereocenters. The average Bonchev–Trinajstić information content (AvgIpc) is 3.08. The molecule has 0 fully saturated rings. The largest absolute Gasteiger partial charge is 0.370 e. The molecule has 2 aliphatic rings. The predicted octanol–water partition coefficient (Wildman–Crippen LogP) is 3.83. The monoisotopic (exact) mass is 674 g/mol. The van der Waals surface area contributed by atoms with Crippen LogP contribution in [0.1, 0.15) is 25.0 Å². The maximum Gasteiger partial charge on any atom is 0.255 e. The van der Waals surface area contributed by atoms with Crippen LogP contribution in [0.2, 0.25) is 0 Å². The molecular formula is C36H34N8O4S. The fourth-order valence-electron chi connectivity index (χ4n) is 5.66. The number of benzene rings is 4. The fourth-order valence-corrected chi connectivity index (χ4v) is 6.92. The number of hydrogen-bond donors (Lipinski definition) is 6. The van der Waals surface area contributed by atoms with Gasteiger partial charge in [0.1, 0.15) is 0 Å². The van der Waals surface area contributed by atoms with E-state index >= 15 is 0 Å². The van der Waals surface area contributed by atoms with Gasteiger partial charge in [0, 0.05) is 11.4 Å². The molecule has 6 rings (SSSR count). The van der Waals surface area contributed by atoms with Gasteiger partial charge in [-0.1, -0.05) is 60.7 Å². The van der Waals surface area contributed by atoms with Gasteiger partial charge in [0.25, 0.3) is 11.8 Å². The number of nitrogens with two attached hydrogens (primary N) is 2. The zero-order valence-electron chi connectivity index (χ0n) is 26.6. The number of sulfone groups is 1. The highest BCUT2D eigenvalue weighted by molar-refractivity contribution is 7.91. The lowest BCUT2D eigenvalue weighted by molar-refractivity contribution is -0.113. The van der Waals surface area contributed by atoms with Crippen LogP contribution in [0, 0.1) is 0 Å². The van der Waals surface area contributed by atoms with Crippen molar-refractivity contribution in [2.75, 3.05) is 10.6 Å². The van der Waals surface area contributed by atoms with E-state index in [4.69, 9.17) is 11.5 Å². The van der Waals surface area contributed by atoms with Crippen molar-refractivity contribution < 1.29 is 18.0 Å². The first kappa shape index (κ1) is 32.7. The summed E-state index contributed by atoms with van der Waals surface area (Å²) < 4.78 is 27.0. The Morgan fingerprint density at radius 1 is 0.592 bits per heavy atom. The Hall–Kier alpha value is -6.21. The van der Waals surface area contributed by atoms with Gasteiger partial charge < -0.3 is 32.7 Å². The van der Waals surface area contributed by atoms with E-state index < -0.39 is 33.7 Å². The molecule has 0 aromatic heterocycles. The summed E-state index contributed by atoms with van der Waals surface area (Å²) in [6.07, 6.45) is 0. The summed E-state index contributed by atoms with van der Waals surface area (Å²) in [5.74, 6) is -0.384. The van der Waals surface area contributed by atoms with E-state index in [1.165, 1.54) is 48.5 Å². The van der Waals surface area contributed by atoms with Crippen molar-refractivity contribution in [2.24, 2.45) is 21.5 Å². The zero-order valence-corrected chi connectivity index (χ0v) is 27.5. The number of aliphatic imine (C=N–C) groups is 2. The summed E-state index contributed by atoms with van der Waals surface area (Å²) in [6.45, 7) is 3.55. The Morgan fingerprint density at radius 3 is 1.29 bits per heavy atom. The van der Waals surface area contributed by atoms with Gasteiger partial charge in [0.05, 0.1) is 44.4 Å². The number of rotatable bonds is 8. The SMILES string of the molecule is CC1N=C(N)NC(c2ccccc2)=C1C(=O)Nc1ccc(S(=O)(=O)c2ccc(NC(=O)C3=C(c4ccccc4)NC(N)=NC3C)cc2)cc1. The molecule has 0 saturated heterocycles. The molecule has 12 nitrogen and oxygen atoms in total.